The van der Waals surface area contributed by atoms with Crippen molar-refractivity contribution < 1.29 is 14.3 Å². The first-order valence-corrected chi connectivity index (χ1v) is 8.96. The van der Waals surface area contributed by atoms with Crippen LogP contribution in [0.2, 0.25) is 0 Å². The molecule has 3 nitrogen and oxygen atoms in total. The van der Waals surface area contributed by atoms with Gasteiger partial charge in [-0.2, -0.15) is 0 Å². The van der Waals surface area contributed by atoms with Crippen molar-refractivity contribution in [1.29, 1.82) is 0 Å². The molecule has 0 aliphatic rings. The molecule has 0 aliphatic heterocycles. The Balaban J connectivity index is 2.52. The van der Waals surface area contributed by atoms with Crippen molar-refractivity contribution in [1.82, 2.24) is 0 Å². The molecular formula is C22H28O3. The van der Waals surface area contributed by atoms with Gasteiger partial charge >= 0.3 is 5.97 Å². The Morgan fingerprint density at radius 1 is 0.960 bits per heavy atom. The fourth-order valence-corrected chi connectivity index (χ4v) is 3.39. The van der Waals surface area contributed by atoms with Crippen LogP contribution in [0.15, 0.2) is 30.3 Å². The summed E-state index contributed by atoms with van der Waals surface area (Å²) in [7, 11) is 0. The highest BCUT2D eigenvalue weighted by atomic mass is 16.5. The Bertz CT molecular complexity index is 724. The van der Waals surface area contributed by atoms with Crippen LogP contribution in [0.1, 0.15) is 42.5 Å². The standard InChI is InChI=1S/C22H28O3/c1-6-24-19-10-8-9-18(11-12-20(23)25-7-2)22(19)21-16(4)13-15(3)14-17(21)5/h8-10,13-14H,6-7,11-12H2,1-5H3. The predicted molar refractivity (Wildman–Crippen MR) is 102 cm³/mol. The number of hydrogen-bond acceptors (Lipinski definition) is 3. The third-order valence-corrected chi connectivity index (χ3v) is 4.24. The Morgan fingerprint density at radius 3 is 2.24 bits per heavy atom. The first-order chi connectivity index (χ1) is 12.0. The van der Waals surface area contributed by atoms with Crippen LogP contribution in [0.4, 0.5) is 0 Å². The van der Waals surface area contributed by atoms with Crippen molar-refractivity contribution >= 4 is 5.97 Å². The van der Waals surface area contributed by atoms with Gasteiger partial charge in [0.15, 0.2) is 0 Å². The summed E-state index contributed by atoms with van der Waals surface area (Å²) in [6, 6.07) is 10.5. The van der Waals surface area contributed by atoms with Crippen LogP contribution >= 0.6 is 0 Å². The SMILES string of the molecule is CCOC(=O)CCc1cccc(OCC)c1-c1c(C)cc(C)cc1C. The van der Waals surface area contributed by atoms with Gasteiger partial charge in [0.05, 0.1) is 13.2 Å². The molecule has 0 heterocycles. The Morgan fingerprint density at radius 2 is 1.64 bits per heavy atom. The van der Waals surface area contributed by atoms with E-state index in [1.807, 2.05) is 26.0 Å². The van der Waals surface area contributed by atoms with Crippen molar-refractivity contribution in [3.63, 3.8) is 0 Å². The summed E-state index contributed by atoms with van der Waals surface area (Å²) in [5.41, 5.74) is 7.12. The number of hydrogen-bond donors (Lipinski definition) is 0. The van der Waals surface area contributed by atoms with Gasteiger partial charge in [0.25, 0.3) is 0 Å². The highest BCUT2D eigenvalue weighted by Crippen LogP contribution is 2.38. The van der Waals surface area contributed by atoms with Crippen LogP contribution < -0.4 is 4.74 Å². The fourth-order valence-electron chi connectivity index (χ4n) is 3.39. The van der Waals surface area contributed by atoms with Gasteiger partial charge in [-0.15, -0.1) is 0 Å². The van der Waals surface area contributed by atoms with E-state index in [1.54, 1.807) is 0 Å². The average molecular weight is 340 g/mol. The first-order valence-electron chi connectivity index (χ1n) is 8.96. The fraction of sp³-hybridized carbons (Fsp3) is 0.409. The van der Waals surface area contributed by atoms with E-state index < -0.39 is 0 Å². The molecule has 0 aromatic heterocycles. The maximum atomic E-state index is 11.8. The van der Waals surface area contributed by atoms with Gasteiger partial charge < -0.3 is 9.47 Å². The van der Waals surface area contributed by atoms with Crippen LogP contribution in [0.3, 0.4) is 0 Å². The molecule has 0 spiro atoms. The van der Waals surface area contributed by atoms with Crippen molar-refractivity contribution in [3.8, 4) is 16.9 Å². The molecule has 0 bridgehead atoms. The lowest BCUT2D eigenvalue weighted by Crippen LogP contribution is -2.07. The molecule has 0 amide bonds. The molecule has 3 heteroatoms. The van der Waals surface area contributed by atoms with Gasteiger partial charge in [-0.3, -0.25) is 4.79 Å². The summed E-state index contributed by atoms with van der Waals surface area (Å²) < 4.78 is 11.0. The average Bonchev–Trinajstić information content (AvgIpc) is 2.54. The second kappa shape index (κ2) is 8.70. The lowest BCUT2D eigenvalue weighted by Gasteiger charge is -2.19. The molecule has 0 saturated carbocycles. The highest BCUT2D eigenvalue weighted by Gasteiger charge is 2.17. The van der Waals surface area contributed by atoms with Crippen LogP contribution in [0.5, 0.6) is 5.75 Å². The summed E-state index contributed by atoms with van der Waals surface area (Å²) in [5, 5.41) is 0. The Labute approximate surface area is 151 Å². The number of rotatable bonds is 7. The molecule has 134 valence electrons. The quantitative estimate of drug-likeness (QED) is 0.652. The van der Waals surface area contributed by atoms with E-state index in [2.05, 4.69) is 39.0 Å². The smallest absolute Gasteiger partial charge is 0.306 e. The van der Waals surface area contributed by atoms with Crippen molar-refractivity contribution in [2.75, 3.05) is 13.2 Å². The molecule has 0 radical (unpaired) electrons. The number of aryl methyl sites for hydroxylation is 4. The number of benzene rings is 2. The molecule has 25 heavy (non-hydrogen) atoms. The van der Waals surface area contributed by atoms with E-state index in [0.717, 1.165) is 16.9 Å². The zero-order valence-electron chi connectivity index (χ0n) is 15.9. The van der Waals surface area contributed by atoms with E-state index >= 15 is 0 Å². The van der Waals surface area contributed by atoms with Crippen LogP contribution in [-0.2, 0) is 16.0 Å². The topological polar surface area (TPSA) is 35.5 Å². The Hall–Kier alpha value is -2.29. The van der Waals surface area contributed by atoms with Gasteiger partial charge in [-0.25, -0.2) is 0 Å². The van der Waals surface area contributed by atoms with Gasteiger partial charge in [0.2, 0.25) is 0 Å². The summed E-state index contributed by atoms with van der Waals surface area (Å²) in [6.07, 6.45) is 1.02. The molecular weight excluding hydrogens is 312 g/mol. The lowest BCUT2D eigenvalue weighted by atomic mass is 9.89. The molecule has 2 aromatic rings. The maximum absolute atomic E-state index is 11.8. The van der Waals surface area contributed by atoms with E-state index in [-0.39, 0.29) is 5.97 Å². The van der Waals surface area contributed by atoms with Gasteiger partial charge in [0.1, 0.15) is 5.75 Å². The van der Waals surface area contributed by atoms with Crippen molar-refractivity contribution in [3.05, 3.63) is 52.6 Å². The minimum atomic E-state index is -0.160. The molecule has 2 rings (SSSR count). The van der Waals surface area contributed by atoms with E-state index in [4.69, 9.17) is 9.47 Å². The van der Waals surface area contributed by atoms with Crippen molar-refractivity contribution in [2.45, 2.75) is 47.5 Å². The summed E-state index contributed by atoms with van der Waals surface area (Å²) in [5.74, 6) is 0.714. The van der Waals surface area contributed by atoms with Crippen LogP contribution in [-0.4, -0.2) is 19.2 Å². The predicted octanol–water partition coefficient (Wildman–Crippen LogP) is 5.17. The third-order valence-electron chi connectivity index (χ3n) is 4.24. The normalized spacial score (nSPS) is 10.6. The van der Waals surface area contributed by atoms with Gasteiger partial charge in [-0.05, 0) is 69.4 Å². The molecule has 0 atom stereocenters. The van der Waals surface area contributed by atoms with Crippen LogP contribution in [0.25, 0.3) is 11.1 Å². The van der Waals surface area contributed by atoms with Gasteiger partial charge in [0, 0.05) is 12.0 Å². The first kappa shape index (κ1) is 19.0. The number of carbonyl (C=O) groups is 1. The summed E-state index contributed by atoms with van der Waals surface area (Å²) in [4.78, 5) is 11.8. The molecule has 0 aliphatic carbocycles. The van der Waals surface area contributed by atoms with Crippen molar-refractivity contribution in [2.24, 2.45) is 0 Å². The molecule has 0 unspecified atom stereocenters. The highest BCUT2D eigenvalue weighted by molar-refractivity contribution is 5.80. The molecule has 0 N–H and O–H groups in total. The zero-order chi connectivity index (χ0) is 18.4. The second-order valence-corrected chi connectivity index (χ2v) is 6.30. The minimum absolute atomic E-state index is 0.160. The summed E-state index contributed by atoms with van der Waals surface area (Å²) >= 11 is 0. The third kappa shape index (κ3) is 4.62. The number of esters is 1. The van der Waals surface area contributed by atoms with Gasteiger partial charge in [-0.1, -0.05) is 29.8 Å². The number of ether oxygens (including phenoxy) is 2. The van der Waals surface area contributed by atoms with Crippen LogP contribution in [0, 0.1) is 20.8 Å². The molecule has 0 fully saturated rings. The number of carbonyl (C=O) groups excluding carboxylic acids is 1. The summed E-state index contributed by atoms with van der Waals surface area (Å²) in [6.45, 7) is 11.2. The van der Waals surface area contributed by atoms with E-state index in [9.17, 15) is 4.79 Å². The molecule has 0 saturated heterocycles. The Kier molecular flexibility index (Phi) is 6.63. The largest absolute Gasteiger partial charge is 0.493 e. The second-order valence-electron chi connectivity index (χ2n) is 6.30. The minimum Gasteiger partial charge on any atom is -0.493 e. The maximum Gasteiger partial charge on any atom is 0.306 e. The molecule has 2 aromatic carbocycles. The monoisotopic (exact) mass is 340 g/mol. The van der Waals surface area contributed by atoms with E-state index in [1.165, 1.54) is 22.3 Å². The lowest BCUT2D eigenvalue weighted by molar-refractivity contribution is -0.143. The van der Waals surface area contributed by atoms with E-state index in [0.29, 0.717) is 26.1 Å². The zero-order valence-corrected chi connectivity index (χ0v) is 15.9.